The average Bonchev–Trinajstić information content (AvgIpc) is 2.96. The molecule has 2 aromatic rings. The highest BCUT2D eigenvalue weighted by Gasteiger charge is 2.41. The first kappa shape index (κ1) is 31.4. The van der Waals surface area contributed by atoms with E-state index in [-0.39, 0.29) is 17.7 Å². The molecule has 0 aromatic heterocycles. The summed E-state index contributed by atoms with van der Waals surface area (Å²) in [5, 5.41) is 0. The number of carbonyl (C=O) groups excluding carboxylic acids is 3. The molecular formula is C34H49N3O3. The molecule has 2 atom stereocenters. The van der Waals surface area contributed by atoms with Gasteiger partial charge in [0, 0.05) is 40.0 Å². The molecule has 0 N–H and O–H groups in total. The van der Waals surface area contributed by atoms with Crippen LogP contribution in [0, 0.1) is 0 Å². The van der Waals surface area contributed by atoms with Gasteiger partial charge in [0.2, 0.25) is 17.7 Å². The van der Waals surface area contributed by atoms with Crippen molar-refractivity contribution in [2.45, 2.75) is 104 Å². The zero-order valence-electron chi connectivity index (χ0n) is 25.3. The molecule has 0 bridgehead atoms. The fraction of sp³-hybridized carbons (Fsp3) is 0.559. The van der Waals surface area contributed by atoms with Crippen LogP contribution >= 0.6 is 0 Å². The Balaban J connectivity index is 1.66. The fourth-order valence-electron chi connectivity index (χ4n) is 5.54. The Labute approximate surface area is 241 Å². The molecule has 1 heterocycles. The second-order valence-electron chi connectivity index (χ2n) is 11.3. The summed E-state index contributed by atoms with van der Waals surface area (Å²) >= 11 is 0. The molecule has 0 aliphatic carbocycles. The molecule has 1 fully saturated rings. The number of amides is 3. The molecule has 1 aliphatic rings. The molecule has 0 spiro atoms. The zero-order chi connectivity index (χ0) is 29.1. The molecule has 1 saturated heterocycles. The Bertz CT molecular complexity index is 1110. The molecule has 6 nitrogen and oxygen atoms in total. The number of nitrogens with zero attached hydrogens (tertiary/aromatic N) is 3. The molecule has 0 unspecified atom stereocenters. The van der Waals surface area contributed by atoms with Crippen LogP contribution in [-0.4, -0.2) is 64.6 Å². The monoisotopic (exact) mass is 547 g/mol. The Morgan fingerprint density at radius 2 is 1.50 bits per heavy atom. The van der Waals surface area contributed by atoms with Gasteiger partial charge in [0.1, 0.15) is 12.1 Å². The van der Waals surface area contributed by atoms with Crippen LogP contribution < -0.4 is 0 Å². The van der Waals surface area contributed by atoms with Crippen LogP contribution in [0.2, 0.25) is 0 Å². The van der Waals surface area contributed by atoms with E-state index >= 15 is 0 Å². The van der Waals surface area contributed by atoms with Gasteiger partial charge in [-0.05, 0) is 48.1 Å². The quantitative estimate of drug-likeness (QED) is 0.240. The van der Waals surface area contributed by atoms with Gasteiger partial charge in [0.15, 0.2) is 0 Å². The Kier molecular flexibility index (Phi) is 12.2. The number of likely N-dealkylation sites (N-methyl/N-ethyl adjacent to an activating group) is 1. The maximum absolute atomic E-state index is 13.5. The lowest BCUT2D eigenvalue weighted by Gasteiger charge is -2.42. The highest BCUT2D eigenvalue weighted by molar-refractivity contribution is 5.96. The van der Waals surface area contributed by atoms with Gasteiger partial charge < -0.3 is 14.7 Å². The number of hydrogen-bond acceptors (Lipinski definition) is 3. The molecule has 6 heteroatoms. The van der Waals surface area contributed by atoms with Gasteiger partial charge in [-0.1, -0.05) is 94.8 Å². The first-order valence-corrected chi connectivity index (χ1v) is 15.3. The van der Waals surface area contributed by atoms with Crippen molar-refractivity contribution >= 4 is 17.7 Å². The molecule has 2 aromatic carbocycles. The molecule has 3 amide bonds. The largest absolute Gasteiger partial charge is 0.339 e. The normalized spacial score (nSPS) is 17.4. The third-order valence-electron chi connectivity index (χ3n) is 8.20. The Morgan fingerprint density at radius 3 is 2.17 bits per heavy atom. The second-order valence-corrected chi connectivity index (χ2v) is 11.3. The molecule has 0 saturated carbocycles. The molecule has 40 heavy (non-hydrogen) atoms. The number of carbonyl (C=O) groups is 3. The molecule has 1 aliphatic heterocycles. The van der Waals surface area contributed by atoms with Gasteiger partial charge in [-0.15, -0.1) is 0 Å². The number of benzene rings is 2. The SMILES string of the molecule is CCCCCCCCN1C(=O)[C@H](Cc2ccc(-c3cccc(CN(CCCC)C(C)=O)c3)cc2)N(C)C(=O)[C@@H]1C. The Morgan fingerprint density at radius 1 is 0.825 bits per heavy atom. The van der Waals surface area contributed by atoms with E-state index in [1.807, 2.05) is 17.9 Å². The van der Waals surface area contributed by atoms with Crippen LogP contribution in [0.4, 0.5) is 0 Å². The zero-order valence-corrected chi connectivity index (χ0v) is 25.3. The summed E-state index contributed by atoms with van der Waals surface area (Å²) in [7, 11) is 1.76. The van der Waals surface area contributed by atoms with Crippen molar-refractivity contribution in [3.8, 4) is 11.1 Å². The van der Waals surface area contributed by atoms with Gasteiger partial charge in [-0.2, -0.15) is 0 Å². The van der Waals surface area contributed by atoms with Gasteiger partial charge in [0.25, 0.3) is 0 Å². The molecular weight excluding hydrogens is 498 g/mol. The number of rotatable bonds is 15. The average molecular weight is 548 g/mol. The van der Waals surface area contributed by atoms with Crippen molar-refractivity contribution in [2.75, 3.05) is 20.1 Å². The summed E-state index contributed by atoms with van der Waals surface area (Å²) in [6, 6.07) is 15.8. The van der Waals surface area contributed by atoms with Crippen molar-refractivity contribution in [1.29, 1.82) is 0 Å². The lowest BCUT2D eigenvalue weighted by atomic mass is 9.96. The van der Waals surface area contributed by atoms with Crippen molar-refractivity contribution in [1.82, 2.24) is 14.7 Å². The van der Waals surface area contributed by atoms with E-state index in [4.69, 9.17) is 0 Å². The summed E-state index contributed by atoms with van der Waals surface area (Å²) in [5.74, 6) is 0.171. The molecule has 218 valence electrons. The Hall–Kier alpha value is -3.15. The van der Waals surface area contributed by atoms with E-state index in [1.54, 1.807) is 23.8 Å². The van der Waals surface area contributed by atoms with E-state index in [9.17, 15) is 14.4 Å². The number of hydrogen-bond donors (Lipinski definition) is 0. The van der Waals surface area contributed by atoms with E-state index in [0.29, 0.717) is 19.5 Å². The van der Waals surface area contributed by atoms with Crippen LogP contribution in [0.15, 0.2) is 48.5 Å². The summed E-state index contributed by atoms with van der Waals surface area (Å²) in [5.41, 5.74) is 4.34. The minimum atomic E-state index is -0.473. The topological polar surface area (TPSA) is 60.9 Å². The van der Waals surface area contributed by atoms with Crippen molar-refractivity contribution < 1.29 is 14.4 Å². The fourth-order valence-corrected chi connectivity index (χ4v) is 5.54. The van der Waals surface area contributed by atoms with Crippen LogP contribution in [0.25, 0.3) is 11.1 Å². The van der Waals surface area contributed by atoms with Gasteiger partial charge in [0.05, 0.1) is 0 Å². The minimum Gasteiger partial charge on any atom is -0.339 e. The predicted molar refractivity (Wildman–Crippen MR) is 163 cm³/mol. The highest BCUT2D eigenvalue weighted by atomic mass is 16.2. The summed E-state index contributed by atoms with van der Waals surface area (Å²) in [6.45, 7) is 9.87. The highest BCUT2D eigenvalue weighted by Crippen LogP contribution is 2.25. The molecule has 0 radical (unpaired) electrons. The van der Waals surface area contributed by atoms with Gasteiger partial charge in [-0.3, -0.25) is 14.4 Å². The second kappa shape index (κ2) is 15.6. The predicted octanol–water partition coefficient (Wildman–Crippen LogP) is 6.46. The standard InChI is InChI=1S/C34H49N3O3/c1-6-8-10-11-12-13-22-37-26(3)33(39)35(5)32(34(37)40)24-28-17-19-30(20-18-28)31-16-14-15-29(23-31)25-36(27(4)38)21-9-7-2/h14-20,23,26,32H,6-13,21-22,24-25H2,1-5H3/t26-,32-/m0/s1. The van der Waals surface area contributed by atoms with Crippen LogP contribution in [0.5, 0.6) is 0 Å². The van der Waals surface area contributed by atoms with E-state index in [0.717, 1.165) is 54.5 Å². The van der Waals surface area contributed by atoms with Crippen molar-refractivity contribution in [3.05, 3.63) is 59.7 Å². The summed E-state index contributed by atoms with van der Waals surface area (Å²) < 4.78 is 0. The summed E-state index contributed by atoms with van der Waals surface area (Å²) in [6.07, 6.45) is 9.50. The molecule has 3 rings (SSSR count). The van der Waals surface area contributed by atoms with Crippen LogP contribution in [0.3, 0.4) is 0 Å². The lowest BCUT2D eigenvalue weighted by Crippen LogP contribution is -2.63. The minimum absolute atomic E-state index is 0.0163. The smallest absolute Gasteiger partial charge is 0.246 e. The maximum Gasteiger partial charge on any atom is 0.246 e. The third-order valence-corrected chi connectivity index (χ3v) is 8.20. The number of piperazine rings is 1. The third kappa shape index (κ3) is 8.42. The first-order valence-electron chi connectivity index (χ1n) is 15.3. The maximum atomic E-state index is 13.5. The van der Waals surface area contributed by atoms with Crippen molar-refractivity contribution in [2.24, 2.45) is 0 Å². The lowest BCUT2D eigenvalue weighted by molar-refractivity contribution is -0.159. The number of unbranched alkanes of at least 4 members (excludes halogenated alkanes) is 6. The van der Waals surface area contributed by atoms with Crippen LogP contribution in [0.1, 0.15) is 90.2 Å². The van der Waals surface area contributed by atoms with E-state index < -0.39 is 12.1 Å². The van der Waals surface area contributed by atoms with Gasteiger partial charge in [-0.25, -0.2) is 0 Å². The van der Waals surface area contributed by atoms with Gasteiger partial charge >= 0.3 is 0 Å². The first-order chi connectivity index (χ1) is 19.3. The van der Waals surface area contributed by atoms with Crippen LogP contribution in [-0.2, 0) is 27.3 Å². The van der Waals surface area contributed by atoms with E-state index in [1.165, 1.54) is 25.7 Å². The van der Waals surface area contributed by atoms with Crippen molar-refractivity contribution in [3.63, 3.8) is 0 Å². The van der Waals surface area contributed by atoms with E-state index in [2.05, 4.69) is 56.3 Å². The summed E-state index contributed by atoms with van der Waals surface area (Å²) in [4.78, 5) is 43.9.